The minimum absolute atomic E-state index is 0.0538. The van der Waals surface area contributed by atoms with Crippen LogP contribution in [0.15, 0.2) is 24.3 Å². The number of benzene rings is 1. The number of ether oxygens (including phenoxy) is 1. The van der Waals surface area contributed by atoms with Gasteiger partial charge in [-0.25, -0.2) is 4.79 Å². The number of hydrogen-bond donors (Lipinski definition) is 1. The molecule has 0 saturated heterocycles. The third-order valence-corrected chi connectivity index (χ3v) is 2.82. The lowest BCUT2D eigenvalue weighted by Crippen LogP contribution is -2.34. The minimum Gasteiger partial charge on any atom is -0.444 e. The second-order valence-electron chi connectivity index (χ2n) is 4.92. The Hall–Kier alpha value is -0.780. The predicted octanol–water partition coefficient (Wildman–Crippen LogP) is 3.88. The van der Waals surface area contributed by atoms with Crippen molar-refractivity contribution < 1.29 is 9.53 Å². The number of nitrogens with one attached hydrogen (secondary N) is 1. The molecule has 0 radical (unpaired) electrons. The van der Waals surface area contributed by atoms with Gasteiger partial charge in [0.1, 0.15) is 5.60 Å². The van der Waals surface area contributed by atoms with Gasteiger partial charge >= 0.3 is 6.09 Å². The molecule has 0 fully saturated rings. The van der Waals surface area contributed by atoms with Crippen molar-refractivity contribution in [2.24, 2.45) is 0 Å². The molecule has 0 aliphatic heterocycles. The number of halogens is 1. The summed E-state index contributed by atoms with van der Waals surface area (Å²) in [5.74, 6) is 0. The van der Waals surface area contributed by atoms with E-state index >= 15 is 0 Å². The van der Waals surface area contributed by atoms with E-state index in [-0.39, 0.29) is 12.1 Å². The maximum absolute atomic E-state index is 11.6. The molecule has 0 spiro atoms. The van der Waals surface area contributed by atoms with E-state index in [2.05, 4.69) is 27.9 Å². The van der Waals surface area contributed by atoms with Gasteiger partial charge in [0.2, 0.25) is 0 Å². The van der Waals surface area contributed by atoms with E-state index in [1.807, 2.05) is 52.0 Å². The second-order valence-corrected chi connectivity index (χ2v) is 6.17. The van der Waals surface area contributed by atoms with Crippen LogP contribution in [0.25, 0.3) is 0 Å². The largest absolute Gasteiger partial charge is 0.444 e. The van der Waals surface area contributed by atoms with E-state index in [0.29, 0.717) is 0 Å². The first-order valence-corrected chi connectivity index (χ1v) is 6.61. The summed E-state index contributed by atoms with van der Waals surface area (Å²) in [5, 5.41) is 2.81. The Morgan fingerprint density at radius 2 is 1.82 bits per heavy atom. The molecule has 17 heavy (non-hydrogen) atoms. The maximum atomic E-state index is 11.6. The first-order chi connectivity index (χ1) is 7.78. The van der Waals surface area contributed by atoms with Crippen molar-refractivity contribution in [2.45, 2.75) is 39.3 Å². The third-order valence-electron chi connectivity index (χ3n) is 2.10. The van der Waals surface area contributed by atoms with Crippen molar-refractivity contribution in [3.63, 3.8) is 0 Å². The average Bonchev–Trinajstić information content (AvgIpc) is 2.15. The Balaban J connectivity index is 2.57. The van der Waals surface area contributed by atoms with Crippen LogP contribution in [0.1, 0.15) is 39.3 Å². The molecule has 0 heterocycles. The maximum Gasteiger partial charge on any atom is 0.408 e. The first kappa shape index (κ1) is 14.3. The van der Waals surface area contributed by atoms with Gasteiger partial charge in [0.05, 0.1) is 6.04 Å². The molecule has 0 bridgehead atoms. The van der Waals surface area contributed by atoms with Crippen LogP contribution in [-0.4, -0.2) is 11.7 Å². The zero-order valence-corrected chi connectivity index (χ0v) is 12.7. The van der Waals surface area contributed by atoms with Gasteiger partial charge in [-0.1, -0.05) is 12.1 Å². The Morgan fingerprint density at radius 3 is 2.29 bits per heavy atom. The normalized spacial score (nSPS) is 13.0. The number of carbonyl (C=O) groups is 1. The molecule has 1 amide bonds. The number of alkyl carbamates (subject to hydrolysis) is 1. The van der Waals surface area contributed by atoms with Crippen LogP contribution in [0.2, 0.25) is 0 Å². The third kappa shape index (κ3) is 5.39. The van der Waals surface area contributed by atoms with Crippen molar-refractivity contribution in [3.8, 4) is 0 Å². The Kier molecular flexibility index (Phi) is 4.80. The zero-order valence-electron chi connectivity index (χ0n) is 10.6. The van der Waals surface area contributed by atoms with Crippen LogP contribution >= 0.6 is 22.6 Å². The van der Waals surface area contributed by atoms with Crippen LogP contribution in [-0.2, 0) is 4.74 Å². The van der Waals surface area contributed by atoms with E-state index in [1.165, 1.54) is 3.57 Å². The molecule has 1 aromatic rings. The van der Waals surface area contributed by atoms with Gasteiger partial charge in [-0.05, 0) is 68.0 Å². The molecule has 0 saturated carbocycles. The highest BCUT2D eigenvalue weighted by atomic mass is 127. The molecule has 4 heteroatoms. The highest BCUT2D eigenvalue weighted by molar-refractivity contribution is 14.1. The second kappa shape index (κ2) is 5.71. The Bertz CT molecular complexity index is 381. The van der Waals surface area contributed by atoms with Gasteiger partial charge in [0, 0.05) is 3.57 Å². The fourth-order valence-corrected chi connectivity index (χ4v) is 1.68. The molecule has 0 aliphatic rings. The molecule has 0 aliphatic carbocycles. The molecule has 1 rings (SSSR count). The number of rotatable bonds is 2. The molecular formula is C13H18INO2. The van der Waals surface area contributed by atoms with E-state index < -0.39 is 5.60 Å². The van der Waals surface area contributed by atoms with E-state index in [1.54, 1.807) is 0 Å². The quantitative estimate of drug-likeness (QED) is 0.825. The van der Waals surface area contributed by atoms with Crippen molar-refractivity contribution in [2.75, 3.05) is 0 Å². The summed E-state index contributed by atoms with van der Waals surface area (Å²) in [6.07, 6.45) is -0.386. The molecular weight excluding hydrogens is 329 g/mol. The van der Waals surface area contributed by atoms with Gasteiger partial charge in [-0.3, -0.25) is 0 Å². The number of hydrogen-bond acceptors (Lipinski definition) is 2. The fraction of sp³-hybridized carbons (Fsp3) is 0.462. The SMILES string of the molecule is CC(NC(=O)OC(C)(C)C)c1ccc(I)cc1. The Morgan fingerprint density at radius 1 is 1.29 bits per heavy atom. The first-order valence-electron chi connectivity index (χ1n) is 5.53. The molecule has 1 N–H and O–H groups in total. The molecule has 0 aromatic heterocycles. The fourth-order valence-electron chi connectivity index (χ4n) is 1.32. The molecule has 3 nitrogen and oxygen atoms in total. The van der Waals surface area contributed by atoms with E-state index in [0.717, 1.165) is 5.56 Å². The average molecular weight is 347 g/mol. The molecule has 94 valence electrons. The minimum atomic E-state index is -0.462. The topological polar surface area (TPSA) is 38.3 Å². The van der Waals surface area contributed by atoms with Crippen LogP contribution in [0, 0.1) is 3.57 Å². The molecule has 1 aromatic carbocycles. The lowest BCUT2D eigenvalue weighted by atomic mass is 10.1. The van der Waals surface area contributed by atoms with Gasteiger partial charge < -0.3 is 10.1 Å². The summed E-state index contributed by atoms with van der Waals surface area (Å²) in [6.45, 7) is 7.48. The van der Waals surface area contributed by atoms with Crippen molar-refractivity contribution in [1.82, 2.24) is 5.32 Å². The van der Waals surface area contributed by atoms with Gasteiger partial charge in [0.15, 0.2) is 0 Å². The van der Waals surface area contributed by atoms with Crippen LogP contribution < -0.4 is 5.32 Å². The summed E-state index contributed by atoms with van der Waals surface area (Å²) in [6, 6.07) is 7.99. The lowest BCUT2D eigenvalue weighted by molar-refractivity contribution is 0.0508. The zero-order chi connectivity index (χ0) is 13.1. The highest BCUT2D eigenvalue weighted by Gasteiger charge is 2.18. The van der Waals surface area contributed by atoms with Crippen LogP contribution in [0.3, 0.4) is 0 Å². The lowest BCUT2D eigenvalue weighted by Gasteiger charge is -2.22. The van der Waals surface area contributed by atoms with Gasteiger partial charge in [-0.15, -0.1) is 0 Å². The number of amides is 1. The summed E-state index contributed by atoms with van der Waals surface area (Å²) in [4.78, 5) is 11.6. The summed E-state index contributed by atoms with van der Waals surface area (Å²) < 4.78 is 6.38. The Labute approximate surface area is 116 Å². The molecule has 1 atom stereocenters. The summed E-state index contributed by atoms with van der Waals surface area (Å²) in [5.41, 5.74) is 0.604. The predicted molar refractivity (Wildman–Crippen MR) is 76.9 cm³/mol. The van der Waals surface area contributed by atoms with Crippen molar-refractivity contribution in [3.05, 3.63) is 33.4 Å². The number of carbonyl (C=O) groups excluding carboxylic acids is 1. The van der Waals surface area contributed by atoms with Crippen LogP contribution in [0.5, 0.6) is 0 Å². The van der Waals surface area contributed by atoms with Crippen molar-refractivity contribution in [1.29, 1.82) is 0 Å². The highest BCUT2D eigenvalue weighted by Crippen LogP contribution is 2.15. The smallest absolute Gasteiger partial charge is 0.408 e. The monoisotopic (exact) mass is 347 g/mol. The van der Waals surface area contributed by atoms with Crippen molar-refractivity contribution >= 4 is 28.7 Å². The van der Waals surface area contributed by atoms with E-state index in [9.17, 15) is 4.79 Å². The standard InChI is InChI=1S/C13H18INO2/c1-9(10-5-7-11(14)8-6-10)15-12(16)17-13(2,3)4/h5-9H,1-4H3,(H,15,16). The summed E-state index contributed by atoms with van der Waals surface area (Å²) in [7, 11) is 0. The van der Waals surface area contributed by atoms with Crippen LogP contribution in [0.4, 0.5) is 4.79 Å². The van der Waals surface area contributed by atoms with Gasteiger partial charge in [-0.2, -0.15) is 0 Å². The molecule has 1 unspecified atom stereocenters. The van der Waals surface area contributed by atoms with Gasteiger partial charge in [0.25, 0.3) is 0 Å². The van der Waals surface area contributed by atoms with E-state index in [4.69, 9.17) is 4.74 Å². The summed E-state index contributed by atoms with van der Waals surface area (Å²) >= 11 is 2.25.